The van der Waals surface area contributed by atoms with Crippen molar-refractivity contribution in [2.75, 3.05) is 33.3 Å². The molecule has 0 atom stereocenters. The predicted molar refractivity (Wildman–Crippen MR) is 130 cm³/mol. The molecule has 1 heterocycles. The molecule has 0 spiro atoms. The highest BCUT2D eigenvalue weighted by molar-refractivity contribution is 5.93. The van der Waals surface area contributed by atoms with Crippen LogP contribution in [0.5, 0.6) is 17.2 Å². The fourth-order valence-electron chi connectivity index (χ4n) is 3.70. The topological polar surface area (TPSA) is 88.0 Å². The van der Waals surface area contributed by atoms with Crippen LogP contribution in [0.15, 0.2) is 48.5 Å². The molecule has 0 unspecified atom stereocenters. The van der Waals surface area contributed by atoms with E-state index in [1.807, 2.05) is 35.8 Å². The van der Waals surface area contributed by atoms with Gasteiger partial charge in [0.1, 0.15) is 5.75 Å². The molecule has 3 aromatic rings. The summed E-state index contributed by atoms with van der Waals surface area (Å²) in [7, 11) is 4.71. The average molecular weight is 467 g/mol. The molecule has 2 aromatic carbocycles. The lowest BCUT2D eigenvalue weighted by Crippen LogP contribution is -2.16. The zero-order valence-corrected chi connectivity index (χ0v) is 20.1. The number of carbonyl (C=O) groups is 2. The summed E-state index contributed by atoms with van der Waals surface area (Å²) in [6, 6.07) is 14.6. The highest BCUT2D eigenvalue weighted by Gasteiger charge is 2.20. The number of carbonyl (C=O) groups excluding carboxylic acids is 2. The minimum Gasteiger partial charge on any atom is -0.497 e. The van der Waals surface area contributed by atoms with Crippen LogP contribution in [0, 0.1) is 6.92 Å². The summed E-state index contributed by atoms with van der Waals surface area (Å²) in [5.41, 5.74) is 3.55. The first-order valence-electron chi connectivity index (χ1n) is 10.9. The fourth-order valence-corrected chi connectivity index (χ4v) is 3.70. The van der Waals surface area contributed by atoms with Gasteiger partial charge < -0.3 is 28.8 Å². The smallest absolute Gasteiger partial charge is 0.339 e. The van der Waals surface area contributed by atoms with Gasteiger partial charge in [-0.15, -0.1) is 0 Å². The number of aromatic nitrogens is 1. The van der Waals surface area contributed by atoms with Gasteiger partial charge in [0.05, 0.1) is 33.5 Å². The first kappa shape index (κ1) is 24.7. The van der Waals surface area contributed by atoms with Crippen LogP contribution < -0.4 is 19.5 Å². The molecule has 8 heteroatoms. The molecule has 0 saturated carbocycles. The van der Waals surface area contributed by atoms with E-state index in [0.29, 0.717) is 29.3 Å². The van der Waals surface area contributed by atoms with Crippen molar-refractivity contribution in [3.8, 4) is 28.5 Å². The van der Waals surface area contributed by atoms with E-state index in [1.165, 1.54) is 0 Å². The number of hydrogen-bond acceptors (Lipinski definition) is 6. The number of nitrogens with zero attached hydrogens (tertiary/aromatic N) is 1. The lowest BCUT2D eigenvalue weighted by atomic mass is 10.1. The van der Waals surface area contributed by atoms with Crippen LogP contribution in [0.4, 0.5) is 5.69 Å². The summed E-state index contributed by atoms with van der Waals surface area (Å²) in [6.07, 6.45) is 0.204. The third-order valence-electron chi connectivity index (χ3n) is 5.48. The second kappa shape index (κ2) is 11.3. The van der Waals surface area contributed by atoms with Crippen LogP contribution in [0.3, 0.4) is 0 Å². The van der Waals surface area contributed by atoms with E-state index in [1.54, 1.807) is 52.5 Å². The Balaban J connectivity index is 1.83. The number of methoxy groups -OCH3 is 3. The van der Waals surface area contributed by atoms with Crippen molar-refractivity contribution in [1.29, 1.82) is 0 Å². The fraction of sp³-hybridized carbons (Fsp3) is 0.308. The molecule has 0 bridgehead atoms. The maximum atomic E-state index is 12.7. The van der Waals surface area contributed by atoms with Crippen molar-refractivity contribution in [2.24, 2.45) is 0 Å². The first-order chi connectivity index (χ1) is 16.4. The monoisotopic (exact) mass is 466 g/mol. The Morgan fingerprint density at radius 3 is 2.24 bits per heavy atom. The molecule has 0 fully saturated rings. The molecule has 180 valence electrons. The van der Waals surface area contributed by atoms with Gasteiger partial charge in [0.25, 0.3) is 0 Å². The number of nitrogens with one attached hydrogen (secondary N) is 1. The van der Waals surface area contributed by atoms with Crippen LogP contribution in [-0.4, -0.2) is 44.4 Å². The molecule has 1 N–H and O–H groups in total. The number of hydrogen-bond donors (Lipinski definition) is 1. The number of anilines is 1. The van der Waals surface area contributed by atoms with Gasteiger partial charge in [-0.2, -0.15) is 0 Å². The van der Waals surface area contributed by atoms with Gasteiger partial charge in [-0.05, 0) is 61.9 Å². The van der Waals surface area contributed by atoms with E-state index in [9.17, 15) is 9.59 Å². The molecule has 0 saturated heterocycles. The zero-order valence-electron chi connectivity index (χ0n) is 20.1. The van der Waals surface area contributed by atoms with Crippen LogP contribution in [-0.2, 0) is 16.1 Å². The van der Waals surface area contributed by atoms with Gasteiger partial charge in [0.2, 0.25) is 5.91 Å². The zero-order chi connectivity index (χ0) is 24.7. The third-order valence-corrected chi connectivity index (χ3v) is 5.48. The second-order valence-corrected chi connectivity index (χ2v) is 7.50. The lowest BCUT2D eigenvalue weighted by molar-refractivity contribution is -0.116. The van der Waals surface area contributed by atoms with E-state index >= 15 is 0 Å². The van der Waals surface area contributed by atoms with Crippen molar-refractivity contribution in [2.45, 2.75) is 26.8 Å². The van der Waals surface area contributed by atoms with E-state index in [-0.39, 0.29) is 24.9 Å². The molecule has 1 amide bonds. The van der Waals surface area contributed by atoms with Gasteiger partial charge in [-0.25, -0.2) is 4.79 Å². The van der Waals surface area contributed by atoms with Crippen molar-refractivity contribution in [1.82, 2.24) is 4.57 Å². The van der Waals surface area contributed by atoms with Gasteiger partial charge in [0, 0.05) is 36.1 Å². The quantitative estimate of drug-likeness (QED) is 0.436. The maximum absolute atomic E-state index is 12.7. The SMILES string of the molecule is CCOC(=O)c1cc(-c2ccc(OC)cc2)n(CCC(=O)Nc2ccc(OC)c(OC)c2)c1C. The summed E-state index contributed by atoms with van der Waals surface area (Å²) in [6.45, 7) is 4.29. The van der Waals surface area contributed by atoms with Crippen LogP contribution >= 0.6 is 0 Å². The van der Waals surface area contributed by atoms with E-state index in [2.05, 4.69) is 5.32 Å². The average Bonchev–Trinajstić information content (AvgIpc) is 3.18. The first-order valence-corrected chi connectivity index (χ1v) is 10.9. The molecular weight excluding hydrogens is 436 g/mol. The lowest BCUT2D eigenvalue weighted by Gasteiger charge is -2.14. The summed E-state index contributed by atoms with van der Waals surface area (Å²) >= 11 is 0. The standard InChI is InChI=1S/C26H30N2O6/c1-6-34-26(30)21-16-22(18-7-10-20(31-3)11-8-18)28(17(21)2)14-13-25(29)27-19-9-12-23(32-4)24(15-19)33-5/h7-12,15-16H,6,13-14H2,1-5H3,(H,27,29). The Kier molecular flexibility index (Phi) is 8.19. The minimum atomic E-state index is -0.386. The number of esters is 1. The van der Waals surface area contributed by atoms with Gasteiger partial charge >= 0.3 is 5.97 Å². The Morgan fingerprint density at radius 1 is 0.912 bits per heavy atom. The van der Waals surface area contributed by atoms with Crippen LogP contribution in [0.2, 0.25) is 0 Å². The number of ether oxygens (including phenoxy) is 4. The molecule has 0 radical (unpaired) electrons. The molecular formula is C26H30N2O6. The molecule has 0 aliphatic heterocycles. The highest BCUT2D eigenvalue weighted by Crippen LogP contribution is 2.31. The normalized spacial score (nSPS) is 10.5. The molecule has 0 aliphatic carbocycles. The molecule has 8 nitrogen and oxygen atoms in total. The third kappa shape index (κ3) is 5.51. The van der Waals surface area contributed by atoms with Crippen molar-refractivity contribution < 1.29 is 28.5 Å². The highest BCUT2D eigenvalue weighted by atomic mass is 16.5. The number of benzene rings is 2. The predicted octanol–water partition coefficient (Wildman–Crippen LogP) is 4.69. The van der Waals surface area contributed by atoms with Crippen molar-refractivity contribution in [3.05, 3.63) is 59.8 Å². The largest absolute Gasteiger partial charge is 0.497 e. The second-order valence-electron chi connectivity index (χ2n) is 7.50. The Bertz CT molecular complexity index is 1150. The van der Waals surface area contributed by atoms with Crippen molar-refractivity contribution >= 4 is 17.6 Å². The molecule has 34 heavy (non-hydrogen) atoms. The van der Waals surface area contributed by atoms with E-state index < -0.39 is 0 Å². The Hall–Kier alpha value is -3.94. The summed E-state index contributed by atoms with van der Waals surface area (Å²) in [4.78, 5) is 25.2. The molecule has 0 aliphatic rings. The van der Waals surface area contributed by atoms with Crippen molar-refractivity contribution in [3.63, 3.8) is 0 Å². The molecule has 1 aromatic heterocycles. The van der Waals surface area contributed by atoms with Crippen LogP contribution in [0.25, 0.3) is 11.3 Å². The number of rotatable bonds is 10. The Labute approximate surface area is 199 Å². The minimum absolute atomic E-state index is 0.168. The van der Waals surface area contributed by atoms with Crippen LogP contribution in [0.1, 0.15) is 29.4 Å². The summed E-state index contributed by atoms with van der Waals surface area (Å²) in [5.74, 6) is 1.29. The van der Waals surface area contributed by atoms with E-state index in [4.69, 9.17) is 18.9 Å². The van der Waals surface area contributed by atoms with Gasteiger partial charge in [0.15, 0.2) is 11.5 Å². The molecule has 3 rings (SSSR count). The summed E-state index contributed by atoms with van der Waals surface area (Å²) in [5, 5.41) is 2.89. The van der Waals surface area contributed by atoms with E-state index in [0.717, 1.165) is 22.7 Å². The Morgan fingerprint density at radius 2 is 1.62 bits per heavy atom. The van der Waals surface area contributed by atoms with Gasteiger partial charge in [-0.1, -0.05) is 0 Å². The maximum Gasteiger partial charge on any atom is 0.339 e. The summed E-state index contributed by atoms with van der Waals surface area (Å²) < 4.78 is 23.0. The van der Waals surface area contributed by atoms with Gasteiger partial charge in [-0.3, -0.25) is 4.79 Å². The number of amides is 1.